The van der Waals surface area contributed by atoms with Crippen LogP contribution in [0.4, 0.5) is 0 Å². The van der Waals surface area contributed by atoms with E-state index >= 15 is 0 Å². The van der Waals surface area contributed by atoms with E-state index in [2.05, 4.69) is 26.3 Å². The molecule has 0 unspecified atom stereocenters. The van der Waals surface area contributed by atoms with Gasteiger partial charge in [-0.3, -0.25) is 5.01 Å². The van der Waals surface area contributed by atoms with E-state index in [9.17, 15) is 0 Å². The van der Waals surface area contributed by atoms with Gasteiger partial charge in [-0.2, -0.15) is 0 Å². The number of allylic oxidation sites excluding steroid dienone is 1. The van der Waals surface area contributed by atoms with Crippen LogP contribution in [0.3, 0.4) is 0 Å². The second-order valence-corrected chi connectivity index (χ2v) is 2.88. The van der Waals surface area contributed by atoms with Crippen molar-refractivity contribution in [3.63, 3.8) is 0 Å². The summed E-state index contributed by atoms with van der Waals surface area (Å²) in [5.41, 5.74) is 2.98. The summed E-state index contributed by atoms with van der Waals surface area (Å²) in [5.74, 6) is 0.920. The minimum atomic E-state index is 0.920. The molecule has 2 aliphatic rings. The molecule has 0 atom stereocenters. The third-order valence-electron chi connectivity index (χ3n) is 1.27. The second-order valence-electron chi connectivity index (χ2n) is 1.96. The lowest BCUT2D eigenvalue weighted by Gasteiger charge is -2.17. The van der Waals surface area contributed by atoms with Crippen LogP contribution < -0.4 is 5.43 Å². The van der Waals surface area contributed by atoms with E-state index in [1.165, 1.54) is 0 Å². The number of halogens is 1. The maximum Gasteiger partial charge on any atom is 0.144 e. The Balaban J connectivity index is 2.32. The van der Waals surface area contributed by atoms with Crippen molar-refractivity contribution in [3.05, 3.63) is 29.1 Å². The molecule has 10 heavy (non-hydrogen) atoms. The van der Waals surface area contributed by atoms with Gasteiger partial charge in [-0.15, -0.1) is 0 Å². The van der Waals surface area contributed by atoms with Crippen LogP contribution >= 0.6 is 15.9 Å². The van der Waals surface area contributed by atoms with Gasteiger partial charge >= 0.3 is 0 Å². The van der Waals surface area contributed by atoms with Crippen LogP contribution in [0.15, 0.2) is 27.6 Å². The Labute approximate surface area is 67.2 Å². The van der Waals surface area contributed by atoms with Gasteiger partial charge in [0, 0.05) is 12.4 Å². The summed E-state index contributed by atoms with van der Waals surface area (Å²) in [5, 5.41) is 1.84. The topological polar surface area (TPSA) is 27.6 Å². The molecule has 51 valence electrons. The van der Waals surface area contributed by atoms with Crippen molar-refractivity contribution in [2.24, 2.45) is 4.99 Å². The van der Waals surface area contributed by atoms with E-state index in [1.807, 2.05) is 23.8 Å². The van der Waals surface area contributed by atoms with Gasteiger partial charge in [0.2, 0.25) is 0 Å². The zero-order valence-electron chi connectivity index (χ0n) is 5.08. The Bertz CT molecular complexity index is 241. The van der Waals surface area contributed by atoms with Crippen LogP contribution in [0.5, 0.6) is 0 Å². The van der Waals surface area contributed by atoms with Gasteiger partial charge in [-0.25, -0.2) is 10.4 Å². The number of nitrogens with one attached hydrogen (secondary N) is 1. The van der Waals surface area contributed by atoms with Crippen LogP contribution in [0, 0.1) is 6.54 Å². The average molecular weight is 199 g/mol. The highest BCUT2D eigenvalue weighted by Crippen LogP contribution is 2.18. The summed E-state index contributed by atoms with van der Waals surface area (Å²) in [7, 11) is 0. The monoisotopic (exact) mass is 198 g/mol. The Morgan fingerprint density at radius 3 is 3.40 bits per heavy atom. The fraction of sp³-hybridized carbons (Fsp3) is 0. The number of fused-ring (bicyclic) bond motifs is 1. The van der Waals surface area contributed by atoms with Gasteiger partial charge in [0.25, 0.3) is 0 Å². The lowest BCUT2D eigenvalue weighted by molar-refractivity contribution is 0.402. The van der Waals surface area contributed by atoms with Crippen LogP contribution in [0.25, 0.3) is 0 Å². The smallest absolute Gasteiger partial charge is 0.144 e. The van der Waals surface area contributed by atoms with Crippen molar-refractivity contribution in [1.29, 1.82) is 0 Å². The van der Waals surface area contributed by atoms with Crippen molar-refractivity contribution >= 4 is 22.1 Å². The summed E-state index contributed by atoms with van der Waals surface area (Å²) >= 11 is 3.31. The largest absolute Gasteiger partial charge is 0.265 e. The Morgan fingerprint density at radius 2 is 2.50 bits per heavy atom. The van der Waals surface area contributed by atoms with Gasteiger partial charge in [0.1, 0.15) is 5.82 Å². The normalized spacial score (nSPS) is 22.3. The SMILES string of the molecule is BrC1=CN2N[CH]C=C2N=C1. The molecule has 0 bridgehead atoms. The van der Waals surface area contributed by atoms with E-state index < -0.39 is 0 Å². The molecule has 2 heterocycles. The first kappa shape index (κ1) is 6.12. The highest BCUT2D eigenvalue weighted by atomic mass is 79.9. The predicted molar refractivity (Wildman–Crippen MR) is 42.9 cm³/mol. The molecule has 3 nitrogen and oxygen atoms in total. The zero-order chi connectivity index (χ0) is 6.97. The van der Waals surface area contributed by atoms with Crippen LogP contribution in [-0.2, 0) is 0 Å². The van der Waals surface area contributed by atoms with E-state index in [-0.39, 0.29) is 0 Å². The lowest BCUT2D eigenvalue weighted by atomic mass is 10.5. The number of nitrogens with zero attached hydrogens (tertiary/aromatic N) is 2. The fourth-order valence-corrected chi connectivity index (χ4v) is 1.14. The minimum Gasteiger partial charge on any atom is -0.265 e. The van der Waals surface area contributed by atoms with Crippen molar-refractivity contribution in [1.82, 2.24) is 10.4 Å². The van der Waals surface area contributed by atoms with Gasteiger partial charge in [0.15, 0.2) is 0 Å². The molecule has 0 amide bonds. The standard InChI is InChI=1S/C6H5BrN3/c7-5-3-8-6-1-2-9-10(6)4-5/h1-4,9H. The molecule has 2 rings (SSSR count). The summed E-state index contributed by atoms with van der Waals surface area (Å²) in [6.07, 6.45) is 5.60. The van der Waals surface area contributed by atoms with Crippen LogP contribution in [0.2, 0.25) is 0 Å². The number of rotatable bonds is 0. The van der Waals surface area contributed by atoms with E-state index in [0.29, 0.717) is 0 Å². The van der Waals surface area contributed by atoms with Crippen LogP contribution in [-0.4, -0.2) is 11.2 Å². The molecule has 2 aliphatic heterocycles. The maximum absolute atomic E-state index is 4.13. The lowest BCUT2D eigenvalue weighted by Crippen LogP contribution is -2.25. The van der Waals surface area contributed by atoms with Crippen molar-refractivity contribution < 1.29 is 0 Å². The quantitative estimate of drug-likeness (QED) is 0.633. The molecule has 0 spiro atoms. The van der Waals surface area contributed by atoms with Crippen molar-refractivity contribution in [3.8, 4) is 0 Å². The molecule has 0 aromatic rings. The Hall–Kier alpha value is -0.610. The Kier molecular flexibility index (Phi) is 1.35. The second kappa shape index (κ2) is 2.21. The fourth-order valence-electron chi connectivity index (χ4n) is 0.832. The third-order valence-corrected chi connectivity index (χ3v) is 1.67. The molecular formula is C6H5BrN3. The van der Waals surface area contributed by atoms with Gasteiger partial charge in [0.05, 0.1) is 11.0 Å². The number of hydrogen-bond acceptors (Lipinski definition) is 3. The molecule has 1 N–H and O–H groups in total. The highest BCUT2D eigenvalue weighted by Gasteiger charge is 2.14. The third kappa shape index (κ3) is 0.892. The molecule has 0 fully saturated rings. The van der Waals surface area contributed by atoms with Crippen molar-refractivity contribution in [2.75, 3.05) is 0 Å². The number of hydrogen-bond donors (Lipinski definition) is 1. The first-order valence-corrected chi connectivity index (χ1v) is 3.66. The van der Waals surface area contributed by atoms with Gasteiger partial charge in [-0.1, -0.05) is 0 Å². The molecule has 0 aromatic carbocycles. The zero-order valence-corrected chi connectivity index (χ0v) is 6.67. The van der Waals surface area contributed by atoms with Crippen molar-refractivity contribution in [2.45, 2.75) is 0 Å². The first-order chi connectivity index (χ1) is 4.86. The molecule has 0 aliphatic carbocycles. The van der Waals surface area contributed by atoms with E-state index in [1.54, 1.807) is 6.21 Å². The average Bonchev–Trinajstić information content (AvgIpc) is 2.33. The minimum absolute atomic E-state index is 0.920. The summed E-state index contributed by atoms with van der Waals surface area (Å²) in [4.78, 5) is 4.13. The maximum atomic E-state index is 4.13. The molecular weight excluding hydrogens is 194 g/mol. The summed E-state index contributed by atoms with van der Waals surface area (Å²) in [6, 6.07) is 0. The molecule has 0 saturated carbocycles. The van der Waals surface area contributed by atoms with E-state index in [4.69, 9.17) is 0 Å². The predicted octanol–water partition coefficient (Wildman–Crippen LogP) is 1.13. The molecule has 1 radical (unpaired) electrons. The molecule has 0 saturated heterocycles. The molecule has 4 heteroatoms. The Morgan fingerprint density at radius 1 is 1.60 bits per heavy atom. The first-order valence-electron chi connectivity index (χ1n) is 2.86. The summed E-state index contributed by atoms with van der Waals surface area (Å²) < 4.78 is 0.965. The van der Waals surface area contributed by atoms with E-state index in [0.717, 1.165) is 10.3 Å². The summed E-state index contributed by atoms with van der Waals surface area (Å²) in [6.45, 7) is 1.84. The molecule has 0 aromatic heterocycles. The number of hydrazine groups is 1. The van der Waals surface area contributed by atoms with Gasteiger partial charge < -0.3 is 0 Å². The van der Waals surface area contributed by atoms with Gasteiger partial charge in [-0.05, 0) is 22.0 Å². The number of aliphatic imine (C=N–C) groups is 1. The highest BCUT2D eigenvalue weighted by molar-refractivity contribution is 9.12. The van der Waals surface area contributed by atoms with Crippen LogP contribution in [0.1, 0.15) is 0 Å².